The molecule has 2 aromatic carbocycles. The van der Waals surface area contributed by atoms with Crippen LogP contribution < -0.4 is 4.74 Å². The van der Waals surface area contributed by atoms with Crippen LogP contribution in [0.4, 0.5) is 13.2 Å². The summed E-state index contributed by atoms with van der Waals surface area (Å²) in [5.41, 5.74) is 2.66. The monoisotopic (exact) mass is 477 g/mol. The Balaban J connectivity index is 1.34. The minimum absolute atomic E-state index is 0.328. The zero-order chi connectivity index (χ0) is 23.6. The molecule has 8 heteroatoms. The number of carbonyl (C=O) groups is 1. The number of alkyl halides is 3. The standard InChI is InChI=1S/C25H26F3NO3S/c1-16-12-22(18-2-5-20(6-3-18)25(26,27)28)33-23(16)14-29-10-8-17-4-7-21(32-15-24(30)31)13-19(17)9-11-29/h2-7,12-13,16,23H,8-11,14-15H2,1H3,(H,30,31). The topological polar surface area (TPSA) is 49.8 Å². The molecule has 0 bridgehead atoms. The average Bonchev–Trinajstić information content (AvgIpc) is 3.01. The number of allylic oxidation sites excluding steroid dienone is 1. The number of halogens is 3. The van der Waals surface area contributed by atoms with Crippen LogP contribution in [0.15, 0.2) is 48.5 Å². The molecule has 2 aliphatic rings. The first-order valence-electron chi connectivity index (χ1n) is 10.9. The van der Waals surface area contributed by atoms with E-state index < -0.39 is 17.7 Å². The van der Waals surface area contributed by atoms with Crippen molar-refractivity contribution < 1.29 is 27.8 Å². The molecule has 0 spiro atoms. The van der Waals surface area contributed by atoms with E-state index in [-0.39, 0.29) is 6.61 Å². The van der Waals surface area contributed by atoms with Gasteiger partial charge in [0.1, 0.15) is 5.75 Å². The number of aliphatic carboxylic acids is 1. The van der Waals surface area contributed by atoms with Gasteiger partial charge in [0.05, 0.1) is 5.56 Å². The van der Waals surface area contributed by atoms with Gasteiger partial charge in [-0.1, -0.05) is 31.2 Å². The second-order valence-corrected chi connectivity index (χ2v) is 9.82. The second kappa shape index (κ2) is 9.81. The highest BCUT2D eigenvalue weighted by molar-refractivity contribution is 8.09. The lowest BCUT2D eigenvalue weighted by Crippen LogP contribution is -2.34. The molecule has 2 atom stereocenters. The van der Waals surface area contributed by atoms with Crippen LogP contribution >= 0.6 is 11.8 Å². The second-order valence-electron chi connectivity index (χ2n) is 8.53. The van der Waals surface area contributed by atoms with Crippen molar-refractivity contribution in [3.8, 4) is 5.75 Å². The number of thioether (sulfide) groups is 1. The number of fused-ring (bicyclic) bond motifs is 1. The molecule has 2 heterocycles. The number of benzene rings is 2. The van der Waals surface area contributed by atoms with Crippen molar-refractivity contribution >= 4 is 22.6 Å². The molecule has 0 saturated carbocycles. The normalized spacial score (nSPS) is 21.3. The molecule has 4 nitrogen and oxygen atoms in total. The molecule has 2 unspecified atom stereocenters. The largest absolute Gasteiger partial charge is 0.482 e. The smallest absolute Gasteiger partial charge is 0.416 e. The lowest BCUT2D eigenvalue weighted by atomic mass is 10.0. The summed E-state index contributed by atoms with van der Waals surface area (Å²) in [4.78, 5) is 14.2. The van der Waals surface area contributed by atoms with Gasteiger partial charge in [0.25, 0.3) is 0 Å². The van der Waals surface area contributed by atoms with Gasteiger partial charge in [0, 0.05) is 29.8 Å². The van der Waals surface area contributed by atoms with Crippen LogP contribution in [0, 0.1) is 5.92 Å². The summed E-state index contributed by atoms with van der Waals surface area (Å²) < 4.78 is 43.9. The maximum atomic E-state index is 12.8. The first-order chi connectivity index (χ1) is 15.7. The Kier molecular flexibility index (Phi) is 7.05. The van der Waals surface area contributed by atoms with E-state index in [9.17, 15) is 18.0 Å². The van der Waals surface area contributed by atoms with Crippen molar-refractivity contribution in [2.24, 2.45) is 5.92 Å². The molecule has 0 radical (unpaired) electrons. The number of ether oxygens (including phenoxy) is 1. The third-order valence-corrected chi connectivity index (χ3v) is 7.66. The Morgan fingerprint density at radius 2 is 1.82 bits per heavy atom. The minimum atomic E-state index is -4.32. The van der Waals surface area contributed by atoms with Gasteiger partial charge in [0.15, 0.2) is 6.61 Å². The first kappa shape index (κ1) is 23.7. The minimum Gasteiger partial charge on any atom is -0.482 e. The maximum absolute atomic E-state index is 12.8. The van der Waals surface area contributed by atoms with Gasteiger partial charge in [-0.2, -0.15) is 13.2 Å². The predicted octanol–water partition coefficient (Wildman–Crippen LogP) is 5.36. The van der Waals surface area contributed by atoms with Gasteiger partial charge in [-0.25, -0.2) is 4.79 Å². The van der Waals surface area contributed by atoms with Crippen LogP contribution in [-0.4, -0.2) is 47.5 Å². The summed E-state index contributed by atoms with van der Waals surface area (Å²) in [7, 11) is 0. The molecular weight excluding hydrogens is 451 g/mol. The number of rotatable bonds is 6. The van der Waals surface area contributed by atoms with Crippen molar-refractivity contribution in [1.29, 1.82) is 0 Å². The average molecular weight is 478 g/mol. The Bertz CT molecular complexity index is 1040. The van der Waals surface area contributed by atoms with E-state index >= 15 is 0 Å². The van der Waals surface area contributed by atoms with Gasteiger partial charge in [-0.15, -0.1) is 11.8 Å². The summed E-state index contributed by atoms with van der Waals surface area (Å²) in [5, 5.41) is 9.15. The number of hydrogen-bond acceptors (Lipinski definition) is 4. The molecule has 2 aromatic rings. The van der Waals surface area contributed by atoms with Crippen LogP contribution in [0.5, 0.6) is 5.75 Å². The highest BCUT2D eigenvalue weighted by Gasteiger charge is 2.31. The molecule has 4 rings (SSSR count). The van der Waals surface area contributed by atoms with Crippen LogP contribution in [0.2, 0.25) is 0 Å². The van der Waals surface area contributed by atoms with Crippen LogP contribution in [0.25, 0.3) is 4.91 Å². The number of carboxylic acid groups (broad SMARTS) is 1. The molecule has 2 aliphatic heterocycles. The van der Waals surface area contributed by atoms with E-state index in [0.29, 0.717) is 16.9 Å². The molecule has 0 fully saturated rings. The zero-order valence-electron chi connectivity index (χ0n) is 18.3. The Morgan fingerprint density at radius 1 is 1.12 bits per heavy atom. The Hall–Kier alpha value is -2.45. The summed E-state index contributed by atoms with van der Waals surface area (Å²) in [5.74, 6) is -0.0903. The summed E-state index contributed by atoms with van der Waals surface area (Å²) >= 11 is 1.74. The summed E-state index contributed by atoms with van der Waals surface area (Å²) in [6, 6.07) is 11.2. The lowest BCUT2D eigenvalue weighted by molar-refractivity contribution is -0.139. The van der Waals surface area contributed by atoms with Crippen LogP contribution in [0.1, 0.15) is 29.2 Å². The number of hydrogen-bond donors (Lipinski definition) is 1. The van der Waals surface area contributed by atoms with E-state index in [1.54, 1.807) is 23.9 Å². The van der Waals surface area contributed by atoms with Crippen molar-refractivity contribution in [3.63, 3.8) is 0 Å². The molecule has 0 aromatic heterocycles. The summed E-state index contributed by atoms with van der Waals surface area (Å²) in [6.07, 6.45) is -0.375. The predicted molar refractivity (Wildman–Crippen MR) is 123 cm³/mol. The Morgan fingerprint density at radius 3 is 2.48 bits per heavy atom. The molecule has 1 N–H and O–H groups in total. The van der Waals surface area contributed by atoms with Crippen molar-refractivity contribution in [3.05, 3.63) is 70.8 Å². The van der Waals surface area contributed by atoms with Gasteiger partial charge in [-0.3, -0.25) is 0 Å². The number of nitrogens with zero attached hydrogens (tertiary/aromatic N) is 1. The molecule has 176 valence electrons. The molecular formula is C25H26F3NO3S. The third kappa shape index (κ3) is 5.92. The van der Waals surface area contributed by atoms with Gasteiger partial charge >= 0.3 is 12.1 Å². The van der Waals surface area contributed by atoms with E-state index in [1.807, 2.05) is 18.2 Å². The first-order valence-corrected chi connectivity index (χ1v) is 11.8. The molecule has 0 amide bonds. The van der Waals surface area contributed by atoms with Crippen LogP contribution in [0.3, 0.4) is 0 Å². The molecule has 0 saturated heterocycles. The van der Waals surface area contributed by atoms with Gasteiger partial charge < -0.3 is 14.7 Å². The van der Waals surface area contributed by atoms with Crippen molar-refractivity contribution in [2.75, 3.05) is 26.2 Å². The van der Waals surface area contributed by atoms with E-state index in [1.165, 1.54) is 11.1 Å². The van der Waals surface area contributed by atoms with Gasteiger partial charge in [-0.05, 0) is 59.7 Å². The highest BCUT2D eigenvalue weighted by atomic mass is 32.2. The summed E-state index contributed by atoms with van der Waals surface area (Å²) in [6.45, 7) is 4.54. The molecule has 0 aliphatic carbocycles. The quantitative estimate of drug-likeness (QED) is 0.607. The zero-order valence-corrected chi connectivity index (χ0v) is 19.1. The fraction of sp³-hybridized carbons (Fsp3) is 0.400. The highest BCUT2D eigenvalue weighted by Crippen LogP contribution is 2.43. The fourth-order valence-corrected chi connectivity index (χ4v) is 5.74. The van der Waals surface area contributed by atoms with Crippen LogP contribution in [-0.2, 0) is 23.8 Å². The lowest BCUT2D eigenvalue weighted by Gasteiger charge is -2.25. The van der Waals surface area contributed by atoms with Gasteiger partial charge in [0.2, 0.25) is 0 Å². The van der Waals surface area contributed by atoms with Crippen molar-refractivity contribution in [1.82, 2.24) is 4.90 Å². The Labute approximate surface area is 195 Å². The number of carboxylic acids is 1. The van der Waals surface area contributed by atoms with E-state index in [4.69, 9.17) is 9.84 Å². The maximum Gasteiger partial charge on any atom is 0.416 e. The molecule has 33 heavy (non-hydrogen) atoms. The van der Waals surface area contributed by atoms with E-state index in [2.05, 4.69) is 17.9 Å². The fourth-order valence-electron chi connectivity index (χ4n) is 4.27. The van der Waals surface area contributed by atoms with Crippen molar-refractivity contribution in [2.45, 2.75) is 31.2 Å². The third-order valence-electron chi connectivity index (χ3n) is 6.15. The SMILES string of the molecule is CC1C=C(c2ccc(C(F)(F)F)cc2)SC1CN1CCc2ccc(OCC(=O)O)cc2CC1. The van der Waals surface area contributed by atoms with E-state index in [0.717, 1.165) is 55.1 Å².